The fourth-order valence-corrected chi connectivity index (χ4v) is 3.26. The number of carbonyl (C=O) groups is 1. The Labute approximate surface area is 113 Å². The summed E-state index contributed by atoms with van der Waals surface area (Å²) in [5, 5.41) is 0.475. The number of nitrogen functional groups attached to an aromatic ring is 1. The summed E-state index contributed by atoms with van der Waals surface area (Å²) in [6.07, 6.45) is -2.43. The van der Waals surface area contributed by atoms with Crippen molar-refractivity contribution in [3.05, 3.63) is 10.4 Å². The summed E-state index contributed by atoms with van der Waals surface area (Å²) in [6, 6.07) is 0. The molecule has 1 fully saturated rings. The summed E-state index contributed by atoms with van der Waals surface area (Å²) in [4.78, 5) is 13.0. The minimum Gasteiger partial charge on any atom is -0.397 e. The van der Waals surface area contributed by atoms with Crippen molar-refractivity contribution in [3.63, 3.8) is 0 Å². The number of thiophene rings is 1. The van der Waals surface area contributed by atoms with E-state index in [0.717, 1.165) is 34.6 Å². The Morgan fingerprint density at radius 2 is 2.05 bits per heavy atom. The van der Waals surface area contributed by atoms with Crippen LogP contribution in [-0.4, -0.2) is 25.6 Å². The zero-order valence-corrected chi connectivity index (χ0v) is 11.5. The number of alkyl halides is 3. The molecule has 0 spiro atoms. The van der Waals surface area contributed by atoms with Gasteiger partial charge in [0.2, 0.25) is 0 Å². The quantitative estimate of drug-likeness (QED) is 0.865. The molecule has 106 valence electrons. The van der Waals surface area contributed by atoms with Gasteiger partial charge in [0.15, 0.2) is 5.78 Å². The Bertz CT molecular complexity index is 506. The Morgan fingerprint density at radius 1 is 1.47 bits per heavy atom. The second-order valence-corrected chi connectivity index (χ2v) is 5.86. The molecule has 2 N–H and O–H groups in total. The van der Waals surface area contributed by atoms with Crippen LogP contribution in [0, 0.1) is 0 Å². The van der Waals surface area contributed by atoms with Crippen molar-refractivity contribution < 1.29 is 18.0 Å². The highest BCUT2D eigenvalue weighted by atomic mass is 32.1. The van der Waals surface area contributed by atoms with Crippen LogP contribution >= 0.6 is 11.3 Å². The van der Waals surface area contributed by atoms with Gasteiger partial charge in [0, 0.05) is 19.5 Å². The summed E-state index contributed by atoms with van der Waals surface area (Å²) >= 11 is 1.06. The van der Waals surface area contributed by atoms with Gasteiger partial charge in [-0.2, -0.15) is 13.2 Å². The zero-order chi connectivity index (χ0) is 14.4. The lowest BCUT2D eigenvalue weighted by molar-refractivity contribution is -0.119. The molecule has 2 rings (SSSR count). The van der Waals surface area contributed by atoms with E-state index in [-0.39, 0.29) is 11.7 Å². The number of nitrogens with two attached hydrogens (primary N) is 1. The first kappa shape index (κ1) is 14.2. The highest BCUT2D eigenvalue weighted by Gasteiger charge is 2.36. The van der Waals surface area contributed by atoms with Gasteiger partial charge in [-0.3, -0.25) is 4.79 Å². The number of rotatable bonds is 4. The number of anilines is 2. The van der Waals surface area contributed by atoms with Crippen molar-refractivity contribution in [2.24, 2.45) is 0 Å². The van der Waals surface area contributed by atoms with Crippen molar-refractivity contribution in [2.45, 2.75) is 31.9 Å². The molecule has 1 aromatic heterocycles. The van der Waals surface area contributed by atoms with Gasteiger partial charge in [-0.1, -0.05) is 0 Å². The predicted octanol–water partition coefficient (Wildman–Crippen LogP) is 3.41. The average Bonchev–Trinajstić information content (AvgIpc) is 2.99. The van der Waals surface area contributed by atoms with Crippen LogP contribution in [0.25, 0.3) is 0 Å². The van der Waals surface area contributed by atoms with Crippen LogP contribution in [0.5, 0.6) is 0 Å². The molecule has 7 heteroatoms. The van der Waals surface area contributed by atoms with Crippen LogP contribution in [0.3, 0.4) is 0 Å². The molecule has 0 radical (unpaired) electrons. The lowest BCUT2D eigenvalue weighted by Crippen LogP contribution is -2.30. The summed E-state index contributed by atoms with van der Waals surface area (Å²) in [6.45, 7) is 0.344. The van der Waals surface area contributed by atoms with Gasteiger partial charge in [-0.15, -0.1) is 11.3 Å². The number of carbonyl (C=O) groups excluding carboxylic acids is 1. The second-order valence-electron chi connectivity index (χ2n) is 4.87. The maximum atomic E-state index is 12.5. The Kier molecular flexibility index (Phi) is 3.51. The number of halogens is 3. The van der Waals surface area contributed by atoms with E-state index < -0.39 is 12.7 Å². The number of nitrogens with zero attached hydrogens (tertiary/aromatic N) is 1. The number of hydrogen-bond acceptors (Lipinski definition) is 4. The highest BCUT2D eigenvalue weighted by molar-refractivity contribution is 7.18. The minimum atomic E-state index is -4.27. The van der Waals surface area contributed by atoms with Gasteiger partial charge < -0.3 is 10.6 Å². The molecule has 19 heavy (non-hydrogen) atoms. The SMILES string of the molecule is CC(=O)c1sc(N(C)CC(F)(F)F)c(C2CC2)c1N. The Balaban J connectivity index is 2.38. The van der Waals surface area contributed by atoms with Crippen molar-refractivity contribution in [3.8, 4) is 0 Å². The Morgan fingerprint density at radius 3 is 2.47 bits per heavy atom. The largest absolute Gasteiger partial charge is 0.405 e. The highest BCUT2D eigenvalue weighted by Crippen LogP contribution is 2.52. The van der Waals surface area contributed by atoms with E-state index in [4.69, 9.17) is 5.73 Å². The second kappa shape index (κ2) is 4.70. The summed E-state index contributed by atoms with van der Waals surface area (Å²) in [7, 11) is 1.38. The molecule has 1 aliphatic rings. The van der Waals surface area contributed by atoms with E-state index in [0.29, 0.717) is 15.6 Å². The fourth-order valence-electron chi connectivity index (χ4n) is 2.10. The van der Waals surface area contributed by atoms with Crippen LogP contribution in [0.15, 0.2) is 0 Å². The first-order valence-corrected chi connectivity index (χ1v) is 6.73. The van der Waals surface area contributed by atoms with Crippen molar-refractivity contribution in [1.82, 2.24) is 0 Å². The van der Waals surface area contributed by atoms with Crippen LogP contribution in [0.1, 0.15) is 40.9 Å². The van der Waals surface area contributed by atoms with Gasteiger partial charge in [0.25, 0.3) is 0 Å². The monoisotopic (exact) mass is 292 g/mol. The normalized spacial score (nSPS) is 15.6. The predicted molar refractivity (Wildman–Crippen MR) is 70.0 cm³/mol. The van der Waals surface area contributed by atoms with Gasteiger partial charge in [-0.25, -0.2) is 0 Å². The van der Waals surface area contributed by atoms with E-state index in [1.165, 1.54) is 14.0 Å². The van der Waals surface area contributed by atoms with Crippen LogP contribution in [-0.2, 0) is 0 Å². The topological polar surface area (TPSA) is 46.3 Å². The van der Waals surface area contributed by atoms with Crippen molar-refractivity contribution in [2.75, 3.05) is 24.2 Å². The minimum absolute atomic E-state index is 0.198. The average molecular weight is 292 g/mol. The third-order valence-corrected chi connectivity index (χ3v) is 4.47. The molecule has 1 aliphatic carbocycles. The van der Waals surface area contributed by atoms with E-state index in [9.17, 15) is 18.0 Å². The fraction of sp³-hybridized carbons (Fsp3) is 0.583. The first-order valence-electron chi connectivity index (χ1n) is 5.91. The molecule has 0 aliphatic heterocycles. The molecule has 1 saturated carbocycles. The molecule has 0 aromatic carbocycles. The van der Waals surface area contributed by atoms with E-state index in [2.05, 4.69) is 0 Å². The third kappa shape index (κ3) is 3.02. The maximum absolute atomic E-state index is 12.5. The molecule has 3 nitrogen and oxygen atoms in total. The summed E-state index contributed by atoms with van der Waals surface area (Å²) < 4.78 is 37.4. The van der Waals surface area contributed by atoms with E-state index in [1.54, 1.807) is 0 Å². The van der Waals surface area contributed by atoms with Gasteiger partial charge in [-0.05, 0) is 18.8 Å². The van der Waals surface area contributed by atoms with Gasteiger partial charge in [0.1, 0.15) is 6.54 Å². The maximum Gasteiger partial charge on any atom is 0.405 e. The number of hydrogen-bond donors (Lipinski definition) is 1. The van der Waals surface area contributed by atoms with Crippen LogP contribution in [0.4, 0.5) is 23.9 Å². The van der Waals surface area contributed by atoms with Crippen LogP contribution in [0.2, 0.25) is 0 Å². The van der Waals surface area contributed by atoms with Crippen molar-refractivity contribution >= 4 is 27.8 Å². The molecular weight excluding hydrogens is 277 g/mol. The molecule has 0 saturated heterocycles. The molecule has 0 unspecified atom stereocenters. The zero-order valence-electron chi connectivity index (χ0n) is 10.7. The molecule has 1 heterocycles. The molecule has 0 atom stereocenters. The molecule has 1 aromatic rings. The summed E-state index contributed by atoms with van der Waals surface area (Å²) in [5.41, 5.74) is 7.02. The first-order chi connectivity index (χ1) is 8.70. The lowest BCUT2D eigenvalue weighted by Gasteiger charge is -2.20. The van der Waals surface area contributed by atoms with Crippen molar-refractivity contribution in [1.29, 1.82) is 0 Å². The molecule has 0 bridgehead atoms. The Hall–Kier alpha value is -1.24. The number of Topliss-reactive ketones (excluding diaryl/α,β-unsaturated/α-hetero) is 1. The summed E-state index contributed by atoms with van der Waals surface area (Å²) in [5.74, 6) is 0.00564. The van der Waals surface area contributed by atoms with Gasteiger partial charge >= 0.3 is 6.18 Å². The van der Waals surface area contributed by atoms with Crippen LogP contribution < -0.4 is 10.6 Å². The van der Waals surface area contributed by atoms with E-state index in [1.807, 2.05) is 0 Å². The van der Waals surface area contributed by atoms with E-state index >= 15 is 0 Å². The standard InChI is InChI=1S/C12H15F3N2OS/c1-6(18)10-9(16)8(7-3-4-7)11(19-10)17(2)5-12(13,14)15/h7H,3-5,16H2,1-2H3. The molecular formula is C12H15F3N2OS. The van der Waals surface area contributed by atoms with Gasteiger partial charge in [0.05, 0.1) is 15.6 Å². The lowest BCUT2D eigenvalue weighted by atomic mass is 10.1. The number of ketones is 1. The third-order valence-electron chi connectivity index (χ3n) is 3.03. The molecule has 0 amide bonds. The smallest absolute Gasteiger partial charge is 0.397 e.